The summed E-state index contributed by atoms with van der Waals surface area (Å²) >= 11 is 0. The maximum atomic E-state index is 11.6. The van der Waals surface area contributed by atoms with E-state index < -0.39 is 5.97 Å². The molecule has 0 atom stereocenters. The highest BCUT2D eigenvalue weighted by molar-refractivity contribution is 5.93. The lowest BCUT2D eigenvalue weighted by Gasteiger charge is -2.11. The molecule has 1 rings (SSSR count). The van der Waals surface area contributed by atoms with Crippen LogP contribution in [0, 0.1) is 0 Å². The number of hydrogen-bond acceptors (Lipinski definition) is 2. The van der Waals surface area contributed by atoms with Crippen LogP contribution in [0.3, 0.4) is 0 Å². The fourth-order valence-corrected chi connectivity index (χ4v) is 1.57. The van der Waals surface area contributed by atoms with E-state index in [1.807, 2.05) is 24.3 Å². The van der Waals surface area contributed by atoms with Gasteiger partial charge in [0.05, 0.1) is 0 Å². The Morgan fingerprint density at radius 2 is 1.84 bits per heavy atom. The highest BCUT2D eigenvalue weighted by Gasteiger charge is 2.08. The summed E-state index contributed by atoms with van der Waals surface area (Å²) in [5.41, 5.74) is 2.16. The largest absolute Gasteiger partial charge is 0.480 e. The maximum Gasteiger partial charge on any atom is 0.323 e. The van der Waals surface area contributed by atoms with E-state index in [1.54, 1.807) is 6.08 Å². The van der Waals surface area contributed by atoms with Gasteiger partial charge >= 0.3 is 5.97 Å². The van der Waals surface area contributed by atoms with Crippen molar-refractivity contribution in [3.63, 3.8) is 0 Å². The van der Waals surface area contributed by atoms with Crippen LogP contribution in [-0.2, 0) is 9.59 Å². The van der Waals surface area contributed by atoms with Crippen molar-refractivity contribution in [2.45, 2.75) is 19.8 Å². The number of likely N-dealkylation sites (N-methyl/N-ethyl adjacent to an activating group) is 1. The van der Waals surface area contributed by atoms with Crippen molar-refractivity contribution < 1.29 is 14.7 Å². The molecule has 0 aliphatic heterocycles. The number of rotatable bonds is 5. The zero-order chi connectivity index (χ0) is 14.4. The molecule has 1 amide bonds. The summed E-state index contributed by atoms with van der Waals surface area (Å²) in [6, 6.07) is 7.93. The minimum absolute atomic E-state index is 0.296. The first-order valence-corrected chi connectivity index (χ1v) is 6.15. The van der Waals surface area contributed by atoms with E-state index >= 15 is 0 Å². The van der Waals surface area contributed by atoms with Gasteiger partial charge in [0, 0.05) is 13.1 Å². The number of carboxylic acids is 1. The molecule has 0 aliphatic carbocycles. The minimum Gasteiger partial charge on any atom is -0.480 e. The van der Waals surface area contributed by atoms with E-state index in [2.05, 4.69) is 13.8 Å². The Morgan fingerprint density at radius 3 is 2.32 bits per heavy atom. The molecule has 0 unspecified atom stereocenters. The Bertz CT molecular complexity index is 475. The van der Waals surface area contributed by atoms with Gasteiger partial charge in [-0.3, -0.25) is 9.59 Å². The summed E-state index contributed by atoms with van der Waals surface area (Å²) in [6.07, 6.45) is 3.07. The van der Waals surface area contributed by atoms with E-state index in [0.29, 0.717) is 5.92 Å². The van der Waals surface area contributed by atoms with Crippen molar-refractivity contribution in [3.05, 3.63) is 41.5 Å². The molecule has 1 aromatic rings. The number of amides is 1. The van der Waals surface area contributed by atoms with Crippen LogP contribution in [0.2, 0.25) is 0 Å². The van der Waals surface area contributed by atoms with Gasteiger partial charge in [-0.05, 0) is 23.1 Å². The van der Waals surface area contributed by atoms with Crippen LogP contribution < -0.4 is 0 Å². The molecule has 0 bridgehead atoms. The first kappa shape index (κ1) is 15.0. The van der Waals surface area contributed by atoms with Crippen LogP contribution in [0.15, 0.2) is 30.3 Å². The molecule has 4 nitrogen and oxygen atoms in total. The lowest BCUT2D eigenvalue weighted by Crippen LogP contribution is -2.30. The number of carbonyl (C=O) groups excluding carboxylic acids is 1. The van der Waals surface area contributed by atoms with Crippen LogP contribution in [-0.4, -0.2) is 35.5 Å². The number of carbonyl (C=O) groups is 2. The summed E-state index contributed by atoms with van der Waals surface area (Å²) in [5, 5.41) is 8.58. The van der Waals surface area contributed by atoms with Crippen LogP contribution in [0.25, 0.3) is 6.08 Å². The van der Waals surface area contributed by atoms with E-state index in [4.69, 9.17) is 5.11 Å². The predicted octanol–water partition coefficient (Wildman–Crippen LogP) is 2.37. The van der Waals surface area contributed by atoms with Gasteiger partial charge in [0.2, 0.25) is 5.91 Å². The van der Waals surface area contributed by atoms with Crippen LogP contribution in [0.4, 0.5) is 0 Å². The van der Waals surface area contributed by atoms with Crippen molar-refractivity contribution in [1.82, 2.24) is 4.90 Å². The van der Waals surface area contributed by atoms with E-state index in [-0.39, 0.29) is 12.5 Å². The van der Waals surface area contributed by atoms with Crippen LogP contribution in [0.1, 0.15) is 30.9 Å². The molecule has 0 radical (unpaired) electrons. The monoisotopic (exact) mass is 261 g/mol. The molecule has 4 heteroatoms. The fourth-order valence-electron chi connectivity index (χ4n) is 1.57. The third-order valence-corrected chi connectivity index (χ3v) is 2.77. The van der Waals surface area contributed by atoms with Gasteiger partial charge in [-0.2, -0.15) is 0 Å². The van der Waals surface area contributed by atoms with Crippen LogP contribution in [0.5, 0.6) is 0 Å². The molecule has 102 valence electrons. The second-order valence-electron chi connectivity index (χ2n) is 4.74. The first-order chi connectivity index (χ1) is 8.90. The summed E-state index contributed by atoms with van der Waals surface area (Å²) in [4.78, 5) is 23.2. The van der Waals surface area contributed by atoms with E-state index in [9.17, 15) is 9.59 Å². The second kappa shape index (κ2) is 6.73. The molecule has 0 aromatic heterocycles. The third-order valence-electron chi connectivity index (χ3n) is 2.77. The number of nitrogens with zero attached hydrogens (tertiary/aromatic N) is 1. The fraction of sp³-hybridized carbons (Fsp3) is 0.333. The van der Waals surface area contributed by atoms with E-state index in [0.717, 1.165) is 10.5 Å². The Kier molecular flexibility index (Phi) is 5.30. The van der Waals surface area contributed by atoms with Gasteiger partial charge in [-0.1, -0.05) is 38.1 Å². The number of benzene rings is 1. The second-order valence-corrected chi connectivity index (χ2v) is 4.74. The lowest BCUT2D eigenvalue weighted by atomic mass is 10.0. The predicted molar refractivity (Wildman–Crippen MR) is 74.8 cm³/mol. The average Bonchev–Trinajstić information content (AvgIpc) is 2.35. The van der Waals surface area contributed by atoms with Crippen molar-refractivity contribution in [1.29, 1.82) is 0 Å². The molecule has 1 N–H and O–H groups in total. The summed E-state index contributed by atoms with van der Waals surface area (Å²) in [5.74, 6) is -0.873. The Balaban J connectivity index is 2.65. The van der Waals surface area contributed by atoms with Gasteiger partial charge < -0.3 is 10.0 Å². The quantitative estimate of drug-likeness (QED) is 0.828. The summed E-state index contributed by atoms with van der Waals surface area (Å²) in [6.45, 7) is 3.94. The maximum absolute atomic E-state index is 11.6. The highest BCUT2D eigenvalue weighted by Crippen LogP contribution is 2.15. The first-order valence-electron chi connectivity index (χ1n) is 6.15. The molecule has 0 spiro atoms. The molecule has 0 saturated carbocycles. The average molecular weight is 261 g/mol. The molecule has 19 heavy (non-hydrogen) atoms. The molecule has 0 heterocycles. The van der Waals surface area contributed by atoms with Gasteiger partial charge in [0.15, 0.2) is 0 Å². The molecule has 1 aromatic carbocycles. The molecule has 0 aliphatic rings. The van der Waals surface area contributed by atoms with Gasteiger partial charge in [0.1, 0.15) is 6.54 Å². The van der Waals surface area contributed by atoms with Gasteiger partial charge in [-0.15, -0.1) is 0 Å². The zero-order valence-corrected chi connectivity index (χ0v) is 11.5. The zero-order valence-electron chi connectivity index (χ0n) is 11.5. The third kappa shape index (κ3) is 4.95. The minimum atomic E-state index is -1.02. The van der Waals surface area contributed by atoms with Crippen molar-refractivity contribution >= 4 is 18.0 Å². The topological polar surface area (TPSA) is 57.6 Å². The SMILES string of the molecule is CC(C)c1ccc(/C=C/C(=O)N(C)CC(=O)O)cc1. The van der Waals surface area contributed by atoms with E-state index in [1.165, 1.54) is 18.7 Å². The molecular weight excluding hydrogens is 242 g/mol. The van der Waals surface area contributed by atoms with Gasteiger partial charge in [0.25, 0.3) is 0 Å². The molecular formula is C15H19NO3. The Morgan fingerprint density at radius 1 is 1.26 bits per heavy atom. The summed E-state index contributed by atoms with van der Waals surface area (Å²) < 4.78 is 0. The number of aliphatic carboxylic acids is 1. The Labute approximate surface area is 113 Å². The Hall–Kier alpha value is -2.10. The van der Waals surface area contributed by atoms with Crippen molar-refractivity contribution in [2.75, 3.05) is 13.6 Å². The lowest BCUT2D eigenvalue weighted by molar-refractivity contribution is -0.141. The number of hydrogen-bond donors (Lipinski definition) is 1. The van der Waals surface area contributed by atoms with Crippen LogP contribution >= 0.6 is 0 Å². The highest BCUT2D eigenvalue weighted by atomic mass is 16.4. The summed E-state index contributed by atoms with van der Waals surface area (Å²) in [7, 11) is 1.46. The molecule has 0 fully saturated rings. The standard InChI is InChI=1S/C15H19NO3/c1-11(2)13-7-4-12(5-8-13)6-9-14(17)16(3)10-15(18)19/h4-9,11H,10H2,1-3H3,(H,18,19)/b9-6+. The van der Waals surface area contributed by atoms with Crippen molar-refractivity contribution in [3.8, 4) is 0 Å². The smallest absolute Gasteiger partial charge is 0.323 e. The number of carboxylic acid groups (broad SMARTS) is 1. The van der Waals surface area contributed by atoms with Crippen molar-refractivity contribution in [2.24, 2.45) is 0 Å². The normalized spacial score (nSPS) is 10.9. The van der Waals surface area contributed by atoms with Gasteiger partial charge in [-0.25, -0.2) is 0 Å². The molecule has 0 saturated heterocycles.